The van der Waals surface area contributed by atoms with E-state index in [0.29, 0.717) is 10.6 Å². The minimum absolute atomic E-state index is 0.178. The van der Waals surface area contributed by atoms with Gasteiger partial charge >= 0.3 is 0 Å². The fourth-order valence-corrected chi connectivity index (χ4v) is 1.82. The molecule has 0 bridgehead atoms. The average Bonchev–Trinajstić information content (AvgIpc) is 2.40. The normalized spacial score (nSPS) is 10.3. The fourth-order valence-electron chi connectivity index (χ4n) is 1.65. The molecule has 19 heavy (non-hydrogen) atoms. The van der Waals surface area contributed by atoms with Gasteiger partial charge in [-0.15, -0.1) is 0 Å². The lowest BCUT2D eigenvalue weighted by atomic mass is 10.2. The summed E-state index contributed by atoms with van der Waals surface area (Å²) in [5, 5.41) is 3.30. The van der Waals surface area contributed by atoms with Crippen molar-refractivity contribution in [2.45, 2.75) is 6.54 Å². The number of benzene rings is 2. The molecule has 2 nitrogen and oxygen atoms in total. The molecule has 5 heteroatoms. The van der Waals surface area contributed by atoms with Gasteiger partial charge in [0.25, 0.3) is 0 Å². The summed E-state index contributed by atoms with van der Waals surface area (Å²) in [6.45, 7) is 0.290. The van der Waals surface area contributed by atoms with Crippen molar-refractivity contribution in [3.8, 4) is 5.75 Å². The molecule has 0 aliphatic rings. The van der Waals surface area contributed by atoms with E-state index in [0.717, 1.165) is 0 Å². The summed E-state index contributed by atoms with van der Waals surface area (Å²) in [4.78, 5) is 0. The summed E-state index contributed by atoms with van der Waals surface area (Å²) >= 11 is 5.78. The van der Waals surface area contributed by atoms with E-state index in [9.17, 15) is 8.78 Å². The van der Waals surface area contributed by atoms with Crippen molar-refractivity contribution in [3.05, 3.63) is 58.6 Å². The minimum atomic E-state index is -0.451. The fraction of sp³-hybridized carbons (Fsp3) is 0.143. The summed E-state index contributed by atoms with van der Waals surface area (Å²) in [5.74, 6) is -0.676. The highest BCUT2D eigenvalue weighted by atomic mass is 35.5. The SMILES string of the molecule is COc1ccc(CNc2cc(Cl)ccc2F)cc1F. The van der Waals surface area contributed by atoms with Crippen LogP contribution in [0.4, 0.5) is 14.5 Å². The highest BCUT2D eigenvalue weighted by Crippen LogP contribution is 2.22. The third-order valence-corrected chi connectivity index (χ3v) is 2.86. The van der Waals surface area contributed by atoms with Crippen LogP contribution in [0.1, 0.15) is 5.56 Å². The van der Waals surface area contributed by atoms with Crippen LogP contribution >= 0.6 is 11.6 Å². The molecule has 0 atom stereocenters. The Kier molecular flexibility index (Phi) is 4.22. The maximum Gasteiger partial charge on any atom is 0.165 e. The van der Waals surface area contributed by atoms with Crippen LogP contribution in [0.15, 0.2) is 36.4 Å². The predicted octanol–water partition coefficient (Wildman–Crippen LogP) is 4.24. The zero-order chi connectivity index (χ0) is 13.8. The van der Waals surface area contributed by atoms with E-state index in [1.807, 2.05) is 0 Å². The Morgan fingerprint density at radius 2 is 1.89 bits per heavy atom. The van der Waals surface area contributed by atoms with Crippen LogP contribution in [-0.2, 0) is 6.54 Å². The molecule has 100 valence electrons. The Bertz CT molecular complexity index is 590. The van der Waals surface area contributed by atoms with E-state index < -0.39 is 11.6 Å². The van der Waals surface area contributed by atoms with Gasteiger partial charge in [-0.2, -0.15) is 0 Å². The Morgan fingerprint density at radius 1 is 1.11 bits per heavy atom. The zero-order valence-corrected chi connectivity index (χ0v) is 11.0. The first kappa shape index (κ1) is 13.6. The second kappa shape index (κ2) is 5.89. The summed E-state index contributed by atoms with van der Waals surface area (Å²) in [6, 6.07) is 8.80. The van der Waals surface area contributed by atoms with Crippen LogP contribution in [0.2, 0.25) is 5.02 Å². The molecule has 2 aromatic rings. The second-order valence-corrected chi connectivity index (χ2v) is 4.38. The number of nitrogens with one attached hydrogen (secondary N) is 1. The standard InChI is InChI=1S/C14H12ClF2NO/c1-19-14-5-2-9(6-12(14)17)8-18-13-7-10(15)3-4-11(13)16/h2-7,18H,8H2,1H3. The zero-order valence-electron chi connectivity index (χ0n) is 10.2. The van der Waals surface area contributed by atoms with Gasteiger partial charge in [0, 0.05) is 11.6 Å². The van der Waals surface area contributed by atoms with Crippen molar-refractivity contribution in [2.24, 2.45) is 0 Å². The third-order valence-electron chi connectivity index (χ3n) is 2.63. The minimum Gasteiger partial charge on any atom is -0.494 e. The first-order valence-electron chi connectivity index (χ1n) is 5.61. The van der Waals surface area contributed by atoms with Crippen molar-refractivity contribution in [1.29, 1.82) is 0 Å². The molecule has 0 heterocycles. The molecule has 0 aromatic heterocycles. The Labute approximate surface area is 115 Å². The third kappa shape index (κ3) is 3.35. The van der Waals surface area contributed by atoms with Crippen LogP contribution in [0.5, 0.6) is 5.75 Å². The van der Waals surface area contributed by atoms with Crippen molar-refractivity contribution in [3.63, 3.8) is 0 Å². The largest absolute Gasteiger partial charge is 0.494 e. The molecule has 0 unspecified atom stereocenters. The van der Waals surface area contributed by atoms with Gasteiger partial charge in [-0.25, -0.2) is 8.78 Å². The van der Waals surface area contributed by atoms with Gasteiger partial charge in [-0.05, 0) is 35.9 Å². The van der Waals surface area contributed by atoms with Gasteiger partial charge in [0.1, 0.15) is 5.82 Å². The molecule has 0 aliphatic carbocycles. The van der Waals surface area contributed by atoms with Crippen LogP contribution < -0.4 is 10.1 Å². The smallest absolute Gasteiger partial charge is 0.165 e. The molecule has 0 fully saturated rings. The van der Waals surface area contributed by atoms with Crippen molar-refractivity contribution < 1.29 is 13.5 Å². The Balaban J connectivity index is 2.10. The molecule has 2 rings (SSSR count). The molecule has 0 saturated heterocycles. The predicted molar refractivity (Wildman–Crippen MR) is 71.7 cm³/mol. The lowest BCUT2D eigenvalue weighted by molar-refractivity contribution is 0.386. The maximum atomic E-state index is 13.5. The van der Waals surface area contributed by atoms with Gasteiger partial charge in [0.15, 0.2) is 11.6 Å². The van der Waals surface area contributed by atoms with Gasteiger partial charge < -0.3 is 10.1 Å². The lowest BCUT2D eigenvalue weighted by Crippen LogP contribution is -2.02. The number of rotatable bonds is 4. The number of hydrogen-bond donors (Lipinski definition) is 1. The van der Waals surface area contributed by atoms with E-state index in [1.165, 1.54) is 37.4 Å². The molecular weight excluding hydrogens is 272 g/mol. The van der Waals surface area contributed by atoms with E-state index in [4.69, 9.17) is 16.3 Å². The lowest BCUT2D eigenvalue weighted by Gasteiger charge is -2.09. The highest BCUT2D eigenvalue weighted by Gasteiger charge is 2.05. The first-order chi connectivity index (χ1) is 9.10. The summed E-state index contributed by atoms with van der Waals surface area (Å²) in [6.07, 6.45) is 0. The van der Waals surface area contributed by atoms with Crippen LogP contribution in [-0.4, -0.2) is 7.11 Å². The number of halogens is 3. The molecule has 0 amide bonds. The van der Waals surface area contributed by atoms with Crippen LogP contribution in [0.3, 0.4) is 0 Å². The quantitative estimate of drug-likeness (QED) is 0.906. The summed E-state index contributed by atoms with van der Waals surface area (Å²) in [5.41, 5.74) is 0.960. The summed E-state index contributed by atoms with van der Waals surface area (Å²) in [7, 11) is 1.40. The number of methoxy groups -OCH3 is 1. The van der Waals surface area contributed by atoms with Gasteiger partial charge in [0.05, 0.1) is 12.8 Å². The average molecular weight is 284 g/mol. The van der Waals surface area contributed by atoms with E-state index in [2.05, 4.69) is 5.32 Å². The number of ether oxygens (including phenoxy) is 1. The van der Waals surface area contributed by atoms with Crippen molar-refractivity contribution in [2.75, 3.05) is 12.4 Å². The molecule has 0 aliphatic heterocycles. The molecule has 1 N–H and O–H groups in total. The van der Waals surface area contributed by atoms with Crippen LogP contribution in [0.25, 0.3) is 0 Å². The maximum absolute atomic E-state index is 13.5. The molecule has 0 saturated carbocycles. The van der Waals surface area contributed by atoms with Crippen molar-refractivity contribution in [1.82, 2.24) is 0 Å². The van der Waals surface area contributed by atoms with Gasteiger partial charge in [0.2, 0.25) is 0 Å². The summed E-state index contributed by atoms with van der Waals surface area (Å²) < 4.78 is 31.8. The number of hydrogen-bond acceptors (Lipinski definition) is 2. The van der Waals surface area contributed by atoms with E-state index >= 15 is 0 Å². The molecule has 0 spiro atoms. The van der Waals surface area contributed by atoms with E-state index in [-0.39, 0.29) is 18.0 Å². The van der Waals surface area contributed by atoms with Gasteiger partial charge in [-0.1, -0.05) is 17.7 Å². The molecular formula is C14H12ClF2NO. The monoisotopic (exact) mass is 283 g/mol. The second-order valence-electron chi connectivity index (χ2n) is 3.95. The van der Waals surface area contributed by atoms with Gasteiger partial charge in [-0.3, -0.25) is 0 Å². The van der Waals surface area contributed by atoms with Crippen molar-refractivity contribution >= 4 is 17.3 Å². The topological polar surface area (TPSA) is 21.3 Å². The number of anilines is 1. The molecule has 2 aromatic carbocycles. The first-order valence-corrected chi connectivity index (χ1v) is 5.99. The highest BCUT2D eigenvalue weighted by molar-refractivity contribution is 6.30. The Hall–Kier alpha value is -1.81. The molecule has 0 radical (unpaired) electrons. The Morgan fingerprint density at radius 3 is 2.58 bits per heavy atom. The van der Waals surface area contributed by atoms with Crippen LogP contribution in [0, 0.1) is 11.6 Å². The van der Waals surface area contributed by atoms with E-state index in [1.54, 1.807) is 6.07 Å².